The number of ether oxygens (including phenoxy) is 1. The lowest BCUT2D eigenvalue weighted by Crippen LogP contribution is -2.11. The Morgan fingerprint density at radius 2 is 2.36 bits per heavy atom. The van der Waals surface area contributed by atoms with E-state index in [0.29, 0.717) is 5.75 Å². The Bertz CT molecular complexity index is 280. The second-order valence-corrected chi connectivity index (χ2v) is 2.45. The van der Waals surface area contributed by atoms with Crippen molar-refractivity contribution in [3.05, 3.63) is 22.6 Å². The van der Waals surface area contributed by atoms with Gasteiger partial charge in [-0.25, -0.2) is 5.10 Å². The molecule has 4 nitrogen and oxygen atoms in total. The van der Waals surface area contributed by atoms with Crippen LogP contribution < -0.4 is 10.3 Å². The van der Waals surface area contributed by atoms with Crippen LogP contribution in [0.3, 0.4) is 0 Å². The van der Waals surface area contributed by atoms with Crippen molar-refractivity contribution in [2.75, 3.05) is 0 Å². The minimum atomic E-state index is -0.247. The highest BCUT2D eigenvalue weighted by Crippen LogP contribution is 2.04. The van der Waals surface area contributed by atoms with Crippen molar-refractivity contribution < 1.29 is 4.74 Å². The average Bonchev–Trinajstić information content (AvgIpc) is 1.85. The van der Waals surface area contributed by atoms with E-state index in [1.165, 1.54) is 12.3 Å². The van der Waals surface area contributed by atoms with Crippen molar-refractivity contribution in [3.63, 3.8) is 0 Å². The van der Waals surface area contributed by atoms with Gasteiger partial charge in [-0.2, -0.15) is 5.10 Å². The van der Waals surface area contributed by atoms with E-state index in [1.54, 1.807) is 0 Å². The predicted molar refractivity (Wildman–Crippen MR) is 40.6 cm³/mol. The van der Waals surface area contributed by atoms with E-state index >= 15 is 0 Å². The first-order chi connectivity index (χ1) is 5.18. The van der Waals surface area contributed by atoms with E-state index in [0.717, 1.165) is 0 Å². The smallest absolute Gasteiger partial charge is 0.267 e. The van der Waals surface area contributed by atoms with Crippen molar-refractivity contribution in [1.82, 2.24) is 10.2 Å². The van der Waals surface area contributed by atoms with Gasteiger partial charge in [-0.3, -0.25) is 4.79 Å². The largest absolute Gasteiger partial charge is 0.489 e. The van der Waals surface area contributed by atoms with Crippen molar-refractivity contribution in [2.45, 2.75) is 20.0 Å². The summed E-state index contributed by atoms with van der Waals surface area (Å²) in [5.74, 6) is 0.503. The second-order valence-electron chi connectivity index (χ2n) is 2.45. The number of nitrogens with zero attached hydrogens (tertiary/aromatic N) is 1. The van der Waals surface area contributed by atoms with Gasteiger partial charge >= 0.3 is 0 Å². The first-order valence-corrected chi connectivity index (χ1v) is 3.40. The van der Waals surface area contributed by atoms with Crippen LogP contribution in [0.1, 0.15) is 13.8 Å². The zero-order valence-corrected chi connectivity index (χ0v) is 6.50. The Morgan fingerprint density at radius 1 is 1.64 bits per heavy atom. The minimum Gasteiger partial charge on any atom is -0.489 e. The highest BCUT2D eigenvalue weighted by molar-refractivity contribution is 5.13. The summed E-state index contributed by atoms with van der Waals surface area (Å²) in [6, 6.07) is 1.37. The summed E-state index contributed by atoms with van der Waals surface area (Å²) in [6.07, 6.45) is 1.54. The molecule has 1 rings (SSSR count). The van der Waals surface area contributed by atoms with Gasteiger partial charge in [0, 0.05) is 6.07 Å². The average molecular weight is 154 g/mol. The lowest BCUT2D eigenvalue weighted by atomic mass is 10.4. The molecule has 0 bridgehead atoms. The van der Waals surface area contributed by atoms with Crippen molar-refractivity contribution >= 4 is 0 Å². The lowest BCUT2D eigenvalue weighted by molar-refractivity contribution is 0.240. The van der Waals surface area contributed by atoms with E-state index in [9.17, 15) is 4.79 Å². The van der Waals surface area contributed by atoms with Gasteiger partial charge in [-0.15, -0.1) is 0 Å². The van der Waals surface area contributed by atoms with Gasteiger partial charge in [0.25, 0.3) is 5.56 Å². The van der Waals surface area contributed by atoms with Gasteiger partial charge in [0.15, 0.2) is 0 Å². The summed E-state index contributed by atoms with van der Waals surface area (Å²) in [6.45, 7) is 3.78. The predicted octanol–water partition coefficient (Wildman–Crippen LogP) is 0.557. The van der Waals surface area contributed by atoms with Crippen molar-refractivity contribution in [1.29, 1.82) is 0 Å². The molecule has 4 heteroatoms. The van der Waals surface area contributed by atoms with Crippen LogP contribution in [-0.4, -0.2) is 16.3 Å². The zero-order chi connectivity index (χ0) is 8.27. The molecule has 1 aromatic rings. The number of hydrogen-bond donors (Lipinski definition) is 1. The Hall–Kier alpha value is -1.32. The highest BCUT2D eigenvalue weighted by Gasteiger charge is 1.96. The molecule has 0 spiro atoms. The third kappa shape index (κ3) is 2.41. The second kappa shape index (κ2) is 3.18. The SMILES string of the molecule is CC(C)Oc1cn[nH]c(=O)c1. The highest BCUT2D eigenvalue weighted by atomic mass is 16.5. The number of aromatic amines is 1. The zero-order valence-electron chi connectivity index (χ0n) is 6.50. The van der Waals surface area contributed by atoms with Gasteiger partial charge in [0.05, 0.1) is 12.3 Å². The molecule has 1 aromatic heterocycles. The van der Waals surface area contributed by atoms with E-state index in [-0.39, 0.29) is 11.7 Å². The summed E-state index contributed by atoms with van der Waals surface area (Å²) >= 11 is 0. The molecule has 0 aromatic carbocycles. The van der Waals surface area contributed by atoms with Crippen LogP contribution in [-0.2, 0) is 0 Å². The molecule has 0 unspecified atom stereocenters. The lowest BCUT2D eigenvalue weighted by Gasteiger charge is -2.06. The van der Waals surface area contributed by atoms with Gasteiger partial charge in [0.1, 0.15) is 5.75 Å². The molecule has 11 heavy (non-hydrogen) atoms. The Balaban J connectivity index is 2.80. The van der Waals surface area contributed by atoms with Crippen LogP contribution in [0.25, 0.3) is 0 Å². The van der Waals surface area contributed by atoms with Crippen LogP contribution >= 0.6 is 0 Å². The van der Waals surface area contributed by atoms with Crippen LogP contribution in [0, 0.1) is 0 Å². The van der Waals surface area contributed by atoms with Crippen LogP contribution in [0.5, 0.6) is 5.75 Å². The summed E-state index contributed by atoms with van der Waals surface area (Å²) in [5, 5.41) is 5.83. The monoisotopic (exact) mass is 154 g/mol. The molecule has 0 saturated carbocycles. The molecule has 0 aliphatic rings. The fourth-order valence-electron chi connectivity index (χ4n) is 0.695. The summed E-state index contributed by atoms with van der Waals surface area (Å²) < 4.78 is 5.21. The normalized spacial score (nSPS) is 10.1. The molecule has 0 aliphatic heterocycles. The van der Waals surface area contributed by atoms with E-state index in [2.05, 4.69) is 10.2 Å². The Labute approximate surface area is 64.2 Å². The molecule has 1 heterocycles. The summed E-state index contributed by atoms with van der Waals surface area (Å²) in [4.78, 5) is 10.7. The van der Waals surface area contributed by atoms with Gasteiger partial charge < -0.3 is 4.74 Å². The van der Waals surface area contributed by atoms with E-state index < -0.39 is 0 Å². The standard InChI is InChI=1S/C7H10N2O2/c1-5(2)11-6-3-7(10)9-8-4-6/h3-5H,1-2H3,(H,9,10). The maximum atomic E-state index is 10.7. The van der Waals surface area contributed by atoms with Crippen LogP contribution in [0.4, 0.5) is 0 Å². The third-order valence-corrected chi connectivity index (χ3v) is 1.01. The third-order valence-electron chi connectivity index (χ3n) is 1.01. The number of aromatic nitrogens is 2. The van der Waals surface area contributed by atoms with Crippen molar-refractivity contribution in [2.24, 2.45) is 0 Å². The van der Waals surface area contributed by atoms with Crippen molar-refractivity contribution in [3.8, 4) is 5.75 Å². The maximum absolute atomic E-state index is 10.7. The maximum Gasteiger partial charge on any atom is 0.267 e. The number of nitrogens with one attached hydrogen (secondary N) is 1. The Morgan fingerprint density at radius 3 is 2.91 bits per heavy atom. The number of rotatable bonds is 2. The molecular formula is C7H10N2O2. The fraction of sp³-hybridized carbons (Fsp3) is 0.429. The Kier molecular flexibility index (Phi) is 2.25. The molecule has 60 valence electrons. The van der Waals surface area contributed by atoms with Gasteiger partial charge in [-0.1, -0.05) is 0 Å². The molecule has 0 aliphatic carbocycles. The summed E-state index contributed by atoms with van der Waals surface area (Å²) in [7, 11) is 0. The quantitative estimate of drug-likeness (QED) is 0.677. The minimum absolute atomic E-state index is 0.0681. The van der Waals surface area contributed by atoms with Gasteiger partial charge in [0.2, 0.25) is 0 Å². The summed E-state index contributed by atoms with van der Waals surface area (Å²) in [5.41, 5.74) is -0.247. The molecule has 1 N–H and O–H groups in total. The number of hydrogen-bond acceptors (Lipinski definition) is 3. The first-order valence-electron chi connectivity index (χ1n) is 3.40. The molecular weight excluding hydrogens is 144 g/mol. The molecule has 0 atom stereocenters. The molecule has 0 saturated heterocycles. The van der Waals surface area contributed by atoms with E-state index in [1.807, 2.05) is 13.8 Å². The fourth-order valence-corrected chi connectivity index (χ4v) is 0.695. The van der Waals surface area contributed by atoms with Crippen LogP contribution in [0.2, 0.25) is 0 Å². The van der Waals surface area contributed by atoms with Crippen LogP contribution in [0.15, 0.2) is 17.1 Å². The molecule has 0 amide bonds. The number of H-pyrrole nitrogens is 1. The van der Waals surface area contributed by atoms with E-state index in [4.69, 9.17) is 4.74 Å². The first kappa shape index (κ1) is 7.78. The topological polar surface area (TPSA) is 55.0 Å². The molecule has 0 fully saturated rings. The molecule has 0 radical (unpaired) electrons. The van der Waals surface area contributed by atoms with Gasteiger partial charge in [-0.05, 0) is 13.8 Å².